The van der Waals surface area contributed by atoms with E-state index in [-0.39, 0.29) is 13.0 Å². The van der Waals surface area contributed by atoms with Gasteiger partial charge in [-0.1, -0.05) is 11.6 Å². The summed E-state index contributed by atoms with van der Waals surface area (Å²) in [6, 6.07) is 3.26. The Hall–Kier alpha value is -1.31. The summed E-state index contributed by atoms with van der Waals surface area (Å²) in [5.41, 5.74) is 0.438. The van der Waals surface area contributed by atoms with Gasteiger partial charge in [0.1, 0.15) is 6.04 Å². The third-order valence-electron chi connectivity index (χ3n) is 2.99. The molecule has 1 heterocycles. The molecule has 1 fully saturated rings. The number of aliphatic carboxylic acids is 1. The van der Waals surface area contributed by atoms with Crippen LogP contribution < -0.4 is 5.32 Å². The number of hydrogen-bond donors (Lipinski definition) is 3. The number of nitrogens with zero attached hydrogens (tertiary/aromatic N) is 1. The molecule has 1 aromatic carbocycles. The molecule has 1 aliphatic rings. The first-order valence-corrected chi connectivity index (χ1v) is 6.99. The lowest BCUT2D eigenvalue weighted by Crippen LogP contribution is -2.43. The Morgan fingerprint density at radius 2 is 2.15 bits per heavy atom. The number of aliphatic hydroxyl groups excluding tert-OH is 1. The van der Waals surface area contributed by atoms with Crippen LogP contribution in [0.5, 0.6) is 0 Å². The van der Waals surface area contributed by atoms with Gasteiger partial charge in [-0.3, -0.25) is 0 Å². The lowest BCUT2D eigenvalue weighted by atomic mass is 10.2. The van der Waals surface area contributed by atoms with Gasteiger partial charge >= 0.3 is 12.0 Å². The quantitative estimate of drug-likeness (QED) is 0.751. The number of benzene rings is 1. The molecule has 2 unspecified atom stereocenters. The number of aliphatic hydroxyl groups is 1. The summed E-state index contributed by atoms with van der Waals surface area (Å²) in [5.74, 6) is -1.14. The molecule has 1 aromatic rings. The van der Waals surface area contributed by atoms with Gasteiger partial charge in [-0.15, -0.1) is 0 Å². The van der Waals surface area contributed by atoms with Crippen LogP contribution in [-0.4, -0.2) is 45.8 Å². The van der Waals surface area contributed by atoms with Gasteiger partial charge in [0, 0.05) is 22.5 Å². The van der Waals surface area contributed by atoms with Crippen LogP contribution in [-0.2, 0) is 4.79 Å². The van der Waals surface area contributed by atoms with Crippen molar-refractivity contribution < 1.29 is 19.8 Å². The molecule has 108 valence electrons. The van der Waals surface area contributed by atoms with Crippen LogP contribution in [0.3, 0.4) is 0 Å². The molecule has 8 heteroatoms. The van der Waals surface area contributed by atoms with Crippen LogP contribution in [0.1, 0.15) is 6.42 Å². The number of nitrogens with one attached hydrogen (secondary N) is 1. The fourth-order valence-electron chi connectivity index (χ4n) is 2.05. The van der Waals surface area contributed by atoms with Gasteiger partial charge in [0.15, 0.2) is 0 Å². The maximum absolute atomic E-state index is 12.1. The van der Waals surface area contributed by atoms with Crippen molar-refractivity contribution in [3.05, 3.63) is 27.7 Å². The highest BCUT2D eigenvalue weighted by Gasteiger charge is 2.39. The monoisotopic (exact) mass is 362 g/mol. The average molecular weight is 364 g/mol. The molecule has 2 amide bonds. The summed E-state index contributed by atoms with van der Waals surface area (Å²) in [6.45, 7) is -0.0129. The smallest absolute Gasteiger partial charge is 0.326 e. The highest BCUT2D eigenvalue weighted by Crippen LogP contribution is 2.27. The van der Waals surface area contributed by atoms with E-state index in [1.54, 1.807) is 18.2 Å². The Labute approximate surface area is 128 Å². The zero-order chi connectivity index (χ0) is 14.9. The van der Waals surface area contributed by atoms with Crippen molar-refractivity contribution in [1.29, 1.82) is 0 Å². The normalized spacial score (nSPS) is 21.9. The molecule has 0 bridgehead atoms. The number of urea groups is 1. The summed E-state index contributed by atoms with van der Waals surface area (Å²) >= 11 is 9.11. The predicted molar refractivity (Wildman–Crippen MR) is 76.9 cm³/mol. The fraction of sp³-hybridized carbons (Fsp3) is 0.333. The van der Waals surface area contributed by atoms with Crippen LogP contribution in [0, 0.1) is 0 Å². The molecule has 1 saturated heterocycles. The van der Waals surface area contributed by atoms with Gasteiger partial charge in [0.25, 0.3) is 0 Å². The summed E-state index contributed by atoms with van der Waals surface area (Å²) in [5, 5.41) is 21.6. The van der Waals surface area contributed by atoms with E-state index in [1.807, 2.05) is 0 Å². The first-order chi connectivity index (χ1) is 9.38. The maximum atomic E-state index is 12.1. The van der Waals surface area contributed by atoms with E-state index in [0.717, 1.165) is 4.90 Å². The number of carboxylic acids is 1. The lowest BCUT2D eigenvalue weighted by Gasteiger charge is -2.22. The number of halogens is 2. The van der Waals surface area contributed by atoms with Crippen LogP contribution in [0.25, 0.3) is 0 Å². The molecule has 0 aliphatic carbocycles. The summed E-state index contributed by atoms with van der Waals surface area (Å²) in [4.78, 5) is 24.3. The number of likely N-dealkylation sites (tertiary alicyclic amines) is 1. The second-order valence-corrected chi connectivity index (χ2v) is 5.74. The van der Waals surface area contributed by atoms with Gasteiger partial charge < -0.3 is 20.4 Å². The molecule has 3 N–H and O–H groups in total. The number of hydrogen-bond acceptors (Lipinski definition) is 3. The first kappa shape index (κ1) is 15.1. The second-order valence-electron chi connectivity index (χ2n) is 4.45. The molecule has 0 spiro atoms. The molecule has 2 rings (SSSR count). The van der Waals surface area contributed by atoms with Crippen LogP contribution in [0.15, 0.2) is 22.7 Å². The van der Waals surface area contributed by atoms with E-state index in [0.29, 0.717) is 15.2 Å². The van der Waals surface area contributed by atoms with Crippen molar-refractivity contribution in [2.75, 3.05) is 11.9 Å². The molecule has 20 heavy (non-hydrogen) atoms. The van der Waals surface area contributed by atoms with Crippen molar-refractivity contribution in [2.24, 2.45) is 0 Å². The minimum absolute atomic E-state index is 0.0129. The largest absolute Gasteiger partial charge is 0.480 e. The second kappa shape index (κ2) is 5.99. The minimum Gasteiger partial charge on any atom is -0.480 e. The van der Waals surface area contributed by atoms with E-state index in [2.05, 4.69) is 21.2 Å². The van der Waals surface area contributed by atoms with Crippen molar-refractivity contribution in [3.8, 4) is 0 Å². The Morgan fingerprint density at radius 1 is 1.45 bits per heavy atom. The zero-order valence-electron chi connectivity index (χ0n) is 10.2. The number of rotatable bonds is 2. The van der Waals surface area contributed by atoms with E-state index >= 15 is 0 Å². The minimum atomic E-state index is -1.14. The number of carboxylic acid groups (broad SMARTS) is 1. The summed E-state index contributed by atoms with van der Waals surface area (Å²) < 4.78 is 0.627. The molecule has 0 radical (unpaired) electrons. The van der Waals surface area contributed by atoms with Gasteiger partial charge in [-0.25, -0.2) is 9.59 Å². The van der Waals surface area contributed by atoms with Crippen molar-refractivity contribution >= 4 is 45.2 Å². The molecule has 2 atom stereocenters. The number of carbonyl (C=O) groups excluding carboxylic acids is 1. The van der Waals surface area contributed by atoms with Gasteiger partial charge in [-0.05, 0) is 34.1 Å². The van der Waals surface area contributed by atoms with Crippen LogP contribution in [0.2, 0.25) is 5.02 Å². The Morgan fingerprint density at radius 3 is 2.80 bits per heavy atom. The van der Waals surface area contributed by atoms with Gasteiger partial charge in [0.2, 0.25) is 0 Å². The van der Waals surface area contributed by atoms with Gasteiger partial charge in [-0.2, -0.15) is 0 Å². The van der Waals surface area contributed by atoms with Crippen molar-refractivity contribution in [1.82, 2.24) is 4.90 Å². The Balaban J connectivity index is 2.15. The van der Waals surface area contributed by atoms with Crippen LogP contribution >= 0.6 is 27.5 Å². The third-order valence-corrected chi connectivity index (χ3v) is 3.92. The zero-order valence-corrected chi connectivity index (χ0v) is 12.6. The summed E-state index contributed by atoms with van der Waals surface area (Å²) in [7, 11) is 0. The highest BCUT2D eigenvalue weighted by molar-refractivity contribution is 9.10. The van der Waals surface area contributed by atoms with E-state index in [4.69, 9.17) is 16.7 Å². The average Bonchev–Trinajstić information content (AvgIpc) is 2.76. The van der Waals surface area contributed by atoms with Crippen molar-refractivity contribution in [3.63, 3.8) is 0 Å². The topological polar surface area (TPSA) is 89.9 Å². The number of anilines is 1. The fourth-order valence-corrected chi connectivity index (χ4v) is 2.57. The van der Waals surface area contributed by atoms with E-state index < -0.39 is 24.1 Å². The van der Waals surface area contributed by atoms with E-state index in [9.17, 15) is 14.7 Å². The van der Waals surface area contributed by atoms with E-state index in [1.165, 1.54) is 0 Å². The maximum Gasteiger partial charge on any atom is 0.326 e. The molecular formula is C12H12BrClN2O4. The standard InChI is InChI=1S/C12H12BrClN2O4/c13-8-2-1-6(14)3-9(8)15-12(20)16-5-7(17)4-10(16)11(18)19/h1-3,7,10,17H,4-5H2,(H,15,20)(H,18,19). The Kier molecular flexibility index (Phi) is 4.52. The highest BCUT2D eigenvalue weighted by atomic mass is 79.9. The molecular weight excluding hydrogens is 351 g/mol. The van der Waals surface area contributed by atoms with Gasteiger partial charge in [0.05, 0.1) is 11.8 Å². The lowest BCUT2D eigenvalue weighted by molar-refractivity contribution is -0.141. The molecule has 0 saturated carbocycles. The molecule has 6 nitrogen and oxygen atoms in total. The number of amides is 2. The Bertz CT molecular complexity index is 554. The van der Waals surface area contributed by atoms with Crippen molar-refractivity contribution in [2.45, 2.75) is 18.6 Å². The SMILES string of the molecule is O=C(O)C1CC(O)CN1C(=O)Nc1cc(Cl)ccc1Br. The molecule has 0 aromatic heterocycles. The van der Waals surface area contributed by atoms with Crippen LogP contribution in [0.4, 0.5) is 10.5 Å². The number of carbonyl (C=O) groups is 2. The summed E-state index contributed by atoms with van der Waals surface area (Å²) in [6.07, 6.45) is -0.802. The number of β-amino-alcohol motifs (C(OH)–C–C–N with tert-alkyl or cyclic N) is 1. The third kappa shape index (κ3) is 3.23. The first-order valence-electron chi connectivity index (χ1n) is 5.82. The predicted octanol–water partition coefficient (Wildman–Crippen LogP) is 2.15. The molecule has 1 aliphatic heterocycles.